The van der Waals surface area contributed by atoms with Gasteiger partial charge in [0.15, 0.2) is 0 Å². The molecule has 0 spiro atoms. The van der Waals surface area contributed by atoms with E-state index >= 15 is 0 Å². The highest BCUT2D eigenvalue weighted by Gasteiger charge is 2.21. The lowest BCUT2D eigenvalue weighted by molar-refractivity contribution is 0.700. The fraction of sp³-hybridized carbons (Fsp3) is 0.385. The van der Waals surface area contributed by atoms with Crippen molar-refractivity contribution in [3.8, 4) is 0 Å². The molecular formula is C13H13N3OS. The zero-order valence-electron chi connectivity index (χ0n) is 10.1. The smallest absolute Gasteiger partial charge is 0.273 e. The lowest BCUT2D eigenvalue weighted by Gasteiger charge is -2.10. The number of fused-ring (bicyclic) bond motifs is 5. The number of hydrogen-bond acceptors (Lipinski definition) is 3. The zero-order valence-corrected chi connectivity index (χ0v) is 10.9. The van der Waals surface area contributed by atoms with Crippen LogP contribution in [0.15, 0.2) is 4.79 Å². The van der Waals surface area contributed by atoms with Gasteiger partial charge in [-0.25, -0.2) is 4.98 Å². The van der Waals surface area contributed by atoms with Gasteiger partial charge in [-0.15, -0.1) is 11.3 Å². The summed E-state index contributed by atoms with van der Waals surface area (Å²) in [5, 5.41) is 7.62. The molecule has 0 radical (unpaired) electrons. The molecule has 1 aliphatic rings. The van der Waals surface area contributed by atoms with Crippen LogP contribution in [-0.4, -0.2) is 15.2 Å². The van der Waals surface area contributed by atoms with Gasteiger partial charge in [0.2, 0.25) is 0 Å². The van der Waals surface area contributed by atoms with E-state index in [4.69, 9.17) is 0 Å². The molecule has 0 saturated heterocycles. The lowest BCUT2D eigenvalue weighted by atomic mass is 9.96. The van der Waals surface area contributed by atoms with Crippen LogP contribution in [0.5, 0.6) is 0 Å². The Bertz CT molecular complexity index is 824. The second-order valence-electron chi connectivity index (χ2n) is 4.92. The molecule has 3 heterocycles. The second kappa shape index (κ2) is 3.45. The molecule has 1 aliphatic carbocycles. The SMILES string of the molecule is Cc1nc2sc3c(c2c2[nH][nH]c(=O)c12)CCCC3. The van der Waals surface area contributed by atoms with E-state index < -0.39 is 0 Å². The van der Waals surface area contributed by atoms with Gasteiger partial charge in [-0.3, -0.25) is 15.0 Å². The topological polar surface area (TPSA) is 61.5 Å². The molecule has 2 N–H and O–H groups in total. The van der Waals surface area contributed by atoms with E-state index in [0.29, 0.717) is 5.39 Å². The first-order valence-electron chi connectivity index (χ1n) is 6.27. The number of pyridine rings is 1. The number of thiophene rings is 1. The minimum absolute atomic E-state index is 0.0624. The quantitative estimate of drug-likeness (QED) is 0.652. The fourth-order valence-corrected chi connectivity index (χ4v) is 4.30. The van der Waals surface area contributed by atoms with E-state index in [-0.39, 0.29) is 5.56 Å². The molecule has 0 amide bonds. The summed E-state index contributed by atoms with van der Waals surface area (Å²) in [6.07, 6.45) is 4.78. The number of nitrogens with one attached hydrogen (secondary N) is 2. The lowest BCUT2D eigenvalue weighted by Crippen LogP contribution is -2.01. The van der Waals surface area contributed by atoms with Gasteiger partial charge < -0.3 is 0 Å². The third kappa shape index (κ3) is 1.20. The van der Waals surface area contributed by atoms with Crippen molar-refractivity contribution in [1.82, 2.24) is 15.2 Å². The Morgan fingerprint density at radius 2 is 2.00 bits per heavy atom. The van der Waals surface area contributed by atoms with E-state index in [2.05, 4.69) is 15.2 Å². The number of rotatable bonds is 0. The molecule has 0 bridgehead atoms. The van der Waals surface area contributed by atoms with E-state index in [1.54, 1.807) is 11.3 Å². The minimum Gasteiger partial charge on any atom is -0.297 e. The number of aryl methyl sites for hydroxylation is 3. The maximum absolute atomic E-state index is 11.8. The molecule has 4 nitrogen and oxygen atoms in total. The Morgan fingerprint density at radius 3 is 2.89 bits per heavy atom. The summed E-state index contributed by atoms with van der Waals surface area (Å²) in [5.74, 6) is 0. The summed E-state index contributed by atoms with van der Waals surface area (Å²) in [4.78, 5) is 19.0. The van der Waals surface area contributed by atoms with Crippen LogP contribution in [0.4, 0.5) is 0 Å². The zero-order chi connectivity index (χ0) is 12.3. The molecular weight excluding hydrogens is 246 g/mol. The van der Waals surface area contributed by atoms with Crippen molar-refractivity contribution < 1.29 is 0 Å². The Morgan fingerprint density at radius 1 is 1.17 bits per heavy atom. The summed E-state index contributed by atoms with van der Waals surface area (Å²) in [6, 6.07) is 0. The van der Waals surface area contributed by atoms with Gasteiger partial charge >= 0.3 is 0 Å². The molecule has 3 aromatic rings. The van der Waals surface area contributed by atoms with Crippen LogP contribution in [0, 0.1) is 6.92 Å². The van der Waals surface area contributed by atoms with Gasteiger partial charge in [-0.05, 0) is 38.2 Å². The fourth-order valence-electron chi connectivity index (χ4n) is 2.99. The monoisotopic (exact) mass is 259 g/mol. The van der Waals surface area contributed by atoms with Crippen LogP contribution in [0.2, 0.25) is 0 Å². The molecule has 4 rings (SSSR count). The first-order valence-corrected chi connectivity index (χ1v) is 7.08. The van der Waals surface area contributed by atoms with E-state index in [9.17, 15) is 4.79 Å². The average molecular weight is 259 g/mol. The molecule has 3 aromatic heterocycles. The summed E-state index contributed by atoms with van der Waals surface area (Å²) >= 11 is 1.79. The summed E-state index contributed by atoms with van der Waals surface area (Å²) in [7, 11) is 0. The van der Waals surface area contributed by atoms with Crippen molar-refractivity contribution in [1.29, 1.82) is 0 Å². The van der Waals surface area contributed by atoms with Crippen molar-refractivity contribution in [2.24, 2.45) is 0 Å². The van der Waals surface area contributed by atoms with E-state index in [1.165, 1.54) is 28.7 Å². The van der Waals surface area contributed by atoms with Crippen LogP contribution >= 0.6 is 11.3 Å². The third-order valence-corrected chi connectivity index (χ3v) is 5.00. The van der Waals surface area contributed by atoms with Gasteiger partial charge in [0.05, 0.1) is 16.6 Å². The Balaban J connectivity index is 2.26. The van der Waals surface area contributed by atoms with Gasteiger partial charge in [-0.2, -0.15) is 0 Å². The van der Waals surface area contributed by atoms with Crippen LogP contribution in [-0.2, 0) is 12.8 Å². The first-order chi connectivity index (χ1) is 8.75. The van der Waals surface area contributed by atoms with Crippen LogP contribution in [0.3, 0.4) is 0 Å². The van der Waals surface area contributed by atoms with Gasteiger partial charge in [0, 0.05) is 10.3 Å². The second-order valence-corrected chi connectivity index (χ2v) is 6.00. The molecule has 18 heavy (non-hydrogen) atoms. The highest BCUT2D eigenvalue weighted by Crippen LogP contribution is 2.38. The molecule has 0 fully saturated rings. The van der Waals surface area contributed by atoms with Crippen molar-refractivity contribution in [2.75, 3.05) is 0 Å². The van der Waals surface area contributed by atoms with E-state index in [0.717, 1.165) is 28.9 Å². The number of hydrogen-bond donors (Lipinski definition) is 2. The molecule has 0 unspecified atom stereocenters. The molecule has 0 saturated carbocycles. The first kappa shape index (κ1) is 10.3. The molecule has 0 atom stereocenters. The number of H-pyrrole nitrogens is 2. The Hall–Kier alpha value is -1.62. The third-order valence-electron chi connectivity index (χ3n) is 3.81. The number of aromatic nitrogens is 3. The van der Waals surface area contributed by atoms with Crippen LogP contribution < -0.4 is 5.56 Å². The summed E-state index contributed by atoms with van der Waals surface area (Å²) in [5.41, 5.74) is 3.11. The average Bonchev–Trinajstić information content (AvgIpc) is 2.90. The summed E-state index contributed by atoms with van der Waals surface area (Å²) in [6.45, 7) is 1.91. The highest BCUT2D eigenvalue weighted by atomic mass is 32.1. The Kier molecular flexibility index (Phi) is 1.97. The largest absolute Gasteiger partial charge is 0.297 e. The van der Waals surface area contributed by atoms with Gasteiger partial charge in [0.1, 0.15) is 4.83 Å². The van der Waals surface area contributed by atoms with Gasteiger partial charge in [0.25, 0.3) is 5.56 Å². The van der Waals surface area contributed by atoms with Gasteiger partial charge in [-0.1, -0.05) is 0 Å². The maximum atomic E-state index is 11.8. The molecule has 5 heteroatoms. The summed E-state index contributed by atoms with van der Waals surface area (Å²) < 4.78 is 0. The molecule has 92 valence electrons. The minimum atomic E-state index is -0.0624. The van der Waals surface area contributed by atoms with Crippen molar-refractivity contribution in [3.05, 3.63) is 26.5 Å². The van der Waals surface area contributed by atoms with E-state index in [1.807, 2.05) is 6.92 Å². The highest BCUT2D eigenvalue weighted by molar-refractivity contribution is 7.19. The predicted octanol–water partition coefficient (Wildman–Crippen LogP) is 2.65. The normalized spacial score (nSPS) is 15.4. The standard InChI is InChI=1S/C13H13N3OS/c1-6-9-11(15-16-12(9)17)10-7-4-2-3-5-8(7)18-13(10)14-6/h2-5H2,1H3,(H2,15,16,17). The predicted molar refractivity (Wildman–Crippen MR) is 73.5 cm³/mol. The van der Waals surface area contributed by atoms with Crippen LogP contribution in [0.25, 0.3) is 21.1 Å². The molecule has 0 aromatic carbocycles. The van der Waals surface area contributed by atoms with Crippen molar-refractivity contribution in [2.45, 2.75) is 32.6 Å². The Labute approximate surface area is 107 Å². The number of nitrogens with zero attached hydrogens (tertiary/aromatic N) is 1. The van der Waals surface area contributed by atoms with Crippen molar-refractivity contribution in [3.63, 3.8) is 0 Å². The molecule has 0 aliphatic heterocycles. The van der Waals surface area contributed by atoms with Crippen LogP contribution in [0.1, 0.15) is 29.0 Å². The van der Waals surface area contributed by atoms with Crippen molar-refractivity contribution >= 4 is 32.5 Å². The maximum Gasteiger partial charge on any atom is 0.273 e. The number of aromatic amines is 2.